The van der Waals surface area contributed by atoms with Crippen molar-refractivity contribution in [2.24, 2.45) is 5.41 Å². The molecule has 0 unspecified atom stereocenters. The normalized spacial score (nSPS) is 20.9. The van der Waals surface area contributed by atoms with Crippen LogP contribution in [0.5, 0.6) is 5.75 Å². The number of fused-ring (bicyclic) bond motifs is 1. The summed E-state index contributed by atoms with van der Waals surface area (Å²) >= 11 is 0. The summed E-state index contributed by atoms with van der Waals surface area (Å²) in [6.07, 6.45) is 2.28. The molecule has 52 heavy (non-hydrogen) atoms. The van der Waals surface area contributed by atoms with Crippen molar-refractivity contribution in [3.63, 3.8) is 0 Å². The van der Waals surface area contributed by atoms with Gasteiger partial charge >= 0.3 is 6.18 Å². The molecule has 5 fully saturated rings. The van der Waals surface area contributed by atoms with Gasteiger partial charge in [-0.1, -0.05) is 12.6 Å². The van der Waals surface area contributed by atoms with Crippen LogP contribution >= 0.6 is 0 Å². The molecular weight excluding hydrogens is 673 g/mol. The highest BCUT2D eigenvalue weighted by Crippen LogP contribution is 2.53. The van der Waals surface area contributed by atoms with E-state index in [2.05, 4.69) is 27.3 Å². The minimum atomic E-state index is -4.60. The van der Waals surface area contributed by atoms with Crippen LogP contribution in [0, 0.1) is 17.7 Å². The molecule has 3 N–H and O–H groups in total. The zero-order valence-electron chi connectivity index (χ0n) is 29.5. The lowest BCUT2D eigenvalue weighted by molar-refractivity contribution is -0.153. The molecule has 14 heteroatoms. The average Bonchev–Trinajstić information content (AvgIpc) is 3.94. The molecule has 5 heterocycles. The third-order valence-electron chi connectivity index (χ3n) is 11.5. The fraction of sp³-hybridized carbons (Fsp3) is 0.526. The first-order valence-electron chi connectivity index (χ1n) is 18.2. The van der Waals surface area contributed by atoms with Crippen molar-refractivity contribution in [3.8, 4) is 16.9 Å². The topological polar surface area (TPSA) is 124 Å². The molecule has 2 aromatic carbocycles. The number of anilines is 3. The van der Waals surface area contributed by atoms with Crippen molar-refractivity contribution in [2.45, 2.75) is 57.2 Å². The standard InChI is InChI=1S/C38H45F3N8O3/c1-3-30(50)49-19-37(20-49)9-13-46(14-10-37)35-27-15-26(24-6-7-24)32(31-23(2)5-8-29(43)28(31)16-42)34(52-21-38(39,40)41)33(27)44-36(45-35)48-12-4-11-47(22-48)25-17-51-18-25/h3,5,8,15-16,24-25,42H,1,4,6-7,9-14,17-22,43H2,2H3. The highest BCUT2D eigenvalue weighted by molar-refractivity contribution is 6.05. The Morgan fingerprint density at radius 3 is 2.50 bits per heavy atom. The van der Waals surface area contributed by atoms with Gasteiger partial charge in [-0.25, -0.2) is 4.98 Å². The predicted octanol–water partition coefficient (Wildman–Crippen LogP) is 5.49. The number of hydrogen-bond donors (Lipinski definition) is 2. The first kappa shape index (κ1) is 34.6. The number of aromatic nitrogens is 2. The van der Waals surface area contributed by atoms with E-state index in [1.807, 2.05) is 17.9 Å². The van der Waals surface area contributed by atoms with E-state index in [1.165, 1.54) is 12.3 Å². The summed E-state index contributed by atoms with van der Waals surface area (Å²) in [5, 5.41) is 8.96. The zero-order valence-corrected chi connectivity index (χ0v) is 29.5. The van der Waals surface area contributed by atoms with Gasteiger partial charge in [0.25, 0.3) is 0 Å². The molecule has 0 atom stereocenters. The molecule has 1 amide bonds. The summed E-state index contributed by atoms with van der Waals surface area (Å²) in [6, 6.07) is 5.92. The maximum atomic E-state index is 14.1. The first-order chi connectivity index (χ1) is 25.0. The second-order valence-electron chi connectivity index (χ2n) is 15.1. The third-order valence-corrected chi connectivity index (χ3v) is 11.5. The Morgan fingerprint density at radius 2 is 1.87 bits per heavy atom. The molecule has 8 rings (SSSR count). The summed E-state index contributed by atoms with van der Waals surface area (Å²) in [6.45, 7) is 10.3. The second kappa shape index (κ2) is 13.2. The van der Waals surface area contributed by atoms with Crippen molar-refractivity contribution in [2.75, 3.05) is 81.3 Å². The minimum absolute atomic E-state index is 0.0281. The Balaban J connectivity index is 1.30. The lowest BCUT2D eigenvalue weighted by atomic mass is 9.72. The number of rotatable bonds is 9. The largest absolute Gasteiger partial charge is 0.481 e. The Hall–Kier alpha value is -4.43. The van der Waals surface area contributed by atoms with Gasteiger partial charge in [-0.15, -0.1) is 0 Å². The molecule has 11 nitrogen and oxygen atoms in total. The lowest BCUT2D eigenvalue weighted by Gasteiger charge is -2.54. The Bertz CT molecular complexity index is 1910. The molecule has 4 saturated heterocycles. The van der Waals surface area contributed by atoms with E-state index >= 15 is 0 Å². The number of hydrogen-bond acceptors (Lipinski definition) is 10. The number of carbonyl (C=O) groups is 1. The summed E-state index contributed by atoms with van der Waals surface area (Å²) < 4.78 is 53.6. The van der Waals surface area contributed by atoms with Gasteiger partial charge in [0.15, 0.2) is 12.4 Å². The number of likely N-dealkylation sites (tertiary alicyclic amines) is 1. The number of aryl methyl sites for hydroxylation is 1. The summed E-state index contributed by atoms with van der Waals surface area (Å²) in [7, 11) is 0. The van der Waals surface area contributed by atoms with Crippen LogP contribution in [0.15, 0.2) is 30.9 Å². The zero-order chi connectivity index (χ0) is 36.4. The van der Waals surface area contributed by atoms with E-state index in [0.717, 1.165) is 49.8 Å². The highest BCUT2D eigenvalue weighted by Gasteiger charge is 2.47. The van der Waals surface area contributed by atoms with Crippen molar-refractivity contribution in [1.29, 1.82) is 5.41 Å². The predicted molar refractivity (Wildman–Crippen MR) is 194 cm³/mol. The van der Waals surface area contributed by atoms with Crippen molar-refractivity contribution in [1.82, 2.24) is 19.8 Å². The van der Waals surface area contributed by atoms with Crippen LogP contribution < -0.4 is 20.3 Å². The van der Waals surface area contributed by atoms with Crippen molar-refractivity contribution >= 4 is 40.5 Å². The number of nitrogens with zero attached hydrogens (tertiary/aromatic N) is 6. The van der Waals surface area contributed by atoms with Gasteiger partial charge in [0.2, 0.25) is 11.9 Å². The lowest BCUT2D eigenvalue weighted by Crippen LogP contribution is -2.61. The van der Waals surface area contributed by atoms with E-state index < -0.39 is 12.8 Å². The van der Waals surface area contributed by atoms with E-state index in [0.29, 0.717) is 104 Å². The van der Waals surface area contributed by atoms with Gasteiger partial charge in [0.1, 0.15) is 11.3 Å². The molecule has 1 saturated carbocycles. The first-order valence-corrected chi connectivity index (χ1v) is 18.2. The molecule has 1 aromatic heterocycles. The van der Waals surface area contributed by atoms with Gasteiger partial charge in [-0.3, -0.25) is 9.69 Å². The quantitative estimate of drug-likeness (QED) is 0.168. The number of nitrogens with two attached hydrogens (primary N) is 1. The second-order valence-corrected chi connectivity index (χ2v) is 15.1. The molecular formula is C38H45F3N8O3. The van der Waals surface area contributed by atoms with Crippen LogP contribution in [0.3, 0.4) is 0 Å². The number of nitrogen functional groups attached to an aromatic ring is 1. The van der Waals surface area contributed by atoms with Crippen LogP contribution in [0.4, 0.5) is 30.6 Å². The summed E-state index contributed by atoms with van der Waals surface area (Å²) in [5.41, 5.74) is 10.3. The van der Waals surface area contributed by atoms with Crippen molar-refractivity contribution < 1.29 is 27.4 Å². The van der Waals surface area contributed by atoms with Crippen molar-refractivity contribution in [3.05, 3.63) is 47.5 Å². The molecule has 1 spiro atoms. The monoisotopic (exact) mass is 718 g/mol. The van der Waals surface area contributed by atoms with Crippen LogP contribution in [0.1, 0.15) is 54.7 Å². The number of carbonyl (C=O) groups excluding carboxylic acids is 1. The van der Waals surface area contributed by atoms with Gasteiger partial charge in [0, 0.05) is 73.1 Å². The van der Waals surface area contributed by atoms with Crippen LogP contribution in [0.2, 0.25) is 0 Å². The molecule has 0 radical (unpaired) electrons. The van der Waals surface area contributed by atoms with Crippen LogP contribution in [-0.4, -0.2) is 110 Å². The van der Waals surface area contributed by atoms with E-state index in [9.17, 15) is 18.0 Å². The van der Waals surface area contributed by atoms with E-state index in [-0.39, 0.29) is 23.0 Å². The maximum Gasteiger partial charge on any atom is 0.422 e. The molecule has 3 aromatic rings. The number of alkyl halides is 3. The summed E-state index contributed by atoms with van der Waals surface area (Å²) in [5.74, 6) is 1.22. The smallest absolute Gasteiger partial charge is 0.422 e. The maximum absolute atomic E-state index is 14.1. The number of benzene rings is 2. The fourth-order valence-corrected chi connectivity index (χ4v) is 8.39. The van der Waals surface area contributed by atoms with Crippen LogP contribution in [0.25, 0.3) is 22.0 Å². The molecule has 0 bridgehead atoms. The highest BCUT2D eigenvalue weighted by atomic mass is 19.4. The Labute approximate surface area is 301 Å². The average molecular weight is 719 g/mol. The molecule has 5 aliphatic rings. The number of piperidine rings is 1. The Kier molecular flexibility index (Phi) is 8.80. The number of amides is 1. The minimum Gasteiger partial charge on any atom is -0.481 e. The van der Waals surface area contributed by atoms with Gasteiger partial charge in [-0.05, 0) is 79.8 Å². The van der Waals surface area contributed by atoms with Gasteiger partial charge in [0.05, 0.1) is 25.9 Å². The van der Waals surface area contributed by atoms with Gasteiger partial charge < -0.3 is 35.3 Å². The molecule has 4 aliphatic heterocycles. The SMILES string of the molecule is C=CC(=O)N1CC2(CCN(c3nc(N4CCCN(C5COC5)C4)nc4c(OCC(F)(F)F)c(-c5c(C)ccc(N)c5C=N)c(C5CC5)cc34)CC2)C1. The van der Waals surface area contributed by atoms with E-state index in [1.54, 1.807) is 6.07 Å². The molecule has 1 aliphatic carbocycles. The van der Waals surface area contributed by atoms with Crippen LogP contribution in [-0.2, 0) is 9.53 Å². The van der Waals surface area contributed by atoms with E-state index in [4.69, 9.17) is 30.6 Å². The molecule has 276 valence electrons. The number of halogens is 3. The Morgan fingerprint density at radius 1 is 1.12 bits per heavy atom. The van der Waals surface area contributed by atoms with Gasteiger partial charge in [-0.2, -0.15) is 18.2 Å². The fourth-order valence-electron chi connectivity index (χ4n) is 8.39. The summed E-state index contributed by atoms with van der Waals surface area (Å²) in [4.78, 5) is 31.1. The third kappa shape index (κ3) is 6.33. The number of nitrogens with one attached hydrogen (secondary N) is 1. The number of ether oxygens (including phenoxy) is 2.